The molecule has 6 nitrogen and oxygen atoms in total. The lowest BCUT2D eigenvalue weighted by Crippen LogP contribution is -2.44. The first-order chi connectivity index (χ1) is 13.3. The first kappa shape index (κ1) is 21.1. The Hall–Kier alpha value is -1.60. The minimum Gasteiger partial charge on any atom is -0.455 e. The number of esters is 1. The van der Waals surface area contributed by atoms with E-state index in [1.165, 1.54) is 4.90 Å². The third-order valence-corrected chi connectivity index (χ3v) is 7.88. The predicted molar refractivity (Wildman–Crippen MR) is 107 cm³/mol. The second kappa shape index (κ2) is 8.41. The number of nitrogens with zero attached hydrogens (tertiary/aromatic N) is 1. The molecular weight excluding hydrogens is 402 g/mol. The van der Waals surface area contributed by atoms with E-state index in [1.54, 1.807) is 19.1 Å². The van der Waals surface area contributed by atoms with Gasteiger partial charge in [0.15, 0.2) is 16.4 Å². The first-order valence-electron chi connectivity index (χ1n) is 9.70. The van der Waals surface area contributed by atoms with Crippen molar-refractivity contribution in [1.29, 1.82) is 0 Å². The summed E-state index contributed by atoms with van der Waals surface area (Å²) in [5, 5.41) is 0.602. The van der Waals surface area contributed by atoms with Gasteiger partial charge in [0.05, 0.1) is 16.9 Å². The molecule has 0 spiro atoms. The normalized spacial score (nSPS) is 22.7. The standard InChI is InChI=1S/C20H26ClNO5S/c1-2-22(17-9-12-28(25,26)14-17)18(23)13-27-19(24)20(10-3-4-11-20)15-5-7-16(21)8-6-15/h5-8,17H,2-4,9-14H2,1H3/t17-/m1/s1. The van der Waals surface area contributed by atoms with Crippen molar-refractivity contribution in [1.82, 2.24) is 4.90 Å². The van der Waals surface area contributed by atoms with Crippen LogP contribution in [0.2, 0.25) is 5.02 Å². The average molecular weight is 428 g/mol. The van der Waals surface area contributed by atoms with Crippen molar-refractivity contribution >= 4 is 33.3 Å². The molecule has 2 fully saturated rings. The third kappa shape index (κ3) is 4.35. The summed E-state index contributed by atoms with van der Waals surface area (Å²) in [5.41, 5.74) is 0.125. The third-order valence-electron chi connectivity index (χ3n) is 5.88. The van der Waals surface area contributed by atoms with Gasteiger partial charge in [-0.05, 0) is 43.9 Å². The summed E-state index contributed by atoms with van der Waals surface area (Å²) in [6.07, 6.45) is 3.64. The van der Waals surface area contributed by atoms with Crippen molar-refractivity contribution in [3.05, 3.63) is 34.9 Å². The summed E-state index contributed by atoms with van der Waals surface area (Å²) >= 11 is 5.97. The van der Waals surface area contributed by atoms with Gasteiger partial charge < -0.3 is 9.64 Å². The van der Waals surface area contributed by atoms with Crippen LogP contribution >= 0.6 is 11.6 Å². The van der Waals surface area contributed by atoms with E-state index in [2.05, 4.69) is 0 Å². The summed E-state index contributed by atoms with van der Waals surface area (Å²) in [4.78, 5) is 27.1. The minimum atomic E-state index is -3.09. The van der Waals surface area contributed by atoms with Crippen LogP contribution in [-0.4, -0.2) is 55.9 Å². The Balaban J connectivity index is 1.67. The van der Waals surface area contributed by atoms with Gasteiger partial charge in [-0.3, -0.25) is 9.59 Å². The number of carbonyl (C=O) groups is 2. The average Bonchev–Trinajstić information content (AvgIpc) is 3.28. The lowest BCUT2D eigenvalue weighted by atomic mass is 9.79. The number of benzene rings is 1. The van der Waals surface area contributed by atoms with Crippen LogP contribution in [0, 0.1) is 0 Å². The van der Waals surface area contributed by atoms with Gasteiger partial charge in [0.25, 0.3) is 5.91 Å². The largest absolute Gasteiger partial charge is 0.455 e. The van der Waals surface area contributed by atoms with E-state index >= 15 is 0 Å². The fraction of sp³-hybridized carbons (Fsp3) is 0.600. The van der Waals surface area contributed by atoms with Crippen molar-refractivity contribution < 1.29 is 22.7 Å². The van der Waals surface area contributed by atoms with Gasteiger partial charge in [-0.15, -0.1) is 0 Å². The Kier molecular flexibility index (Phi) is 6.34. The number of amides is 1. The molecule has 1 aromatic carbocycles. The molecule has 8 heteroatoms. The molecule has 3 rings (SSSR count). The molecule has 154 valence electrons. The summed E-state index contributed by atoms with van der Waals surface area (Å²) in [5.74, 6) is -0.658. The quantitative estimate of drug-likeness (QED) is 0.652. The maximum Gasteiger partial charge on any atom is 0.317 e. The molecular formula is C20H26ClNO5S. The fourth-order valence-corrected chi connectivity index (χ4v) is 6.22. The highest BCUT2D eigenvalue weighted by molar-refractivity contribution is 7.91. The summed E-state index contributed by atoms with van der Waals surface area (Å²) in [6.45, 7) is 1.83. The van der Waals surface area contributed by atoms with Crippen LogP contribution in [0.5, 0.6) is 0 Å². The molecule has 0 aromatic heterocycles. The van der Waals surface area contributed by atoms with Crippen molar-refractivity contribution in [2.45, 2.75) is 50.5 Å². The molecule has 0 bridgehead atoms. The lowest BCUT2D eigenvalue weighted by Gasteiger charge is -2.29. The zero-order chi connectivity index (χ0) is 20.4. The molecule has 1 aliphatic heterocycles. The van der Waals surface area contributed by atoms with Gasteiger partial charge in [0.1, 0.15) is 0 Å². The van der Waals surface area contributed by atoms with Gasteiger partial charge in [-0.2, -0.15) is 0 Å². The van der Waals surface area contributed by atoms with Gasteiger partial charge in [-0.1, -0.05) is 36.6 Å². The van der Waals surface area contributed by atoms with E-state index in [4.69, 9.17) is 16.3 Å². The van der Waals surface area contributed by atoms with Crippen LogP contribution in [0.25, 0.3) is 0 Å². The smallest absolute Gasteiger partial charge is 0.317 e. The van der Waals surface area contributed by atoms with Crippen molar-refractivity contribution in [3.8, 4) is 0 Å². The zero-order valence-corrected chi connectivity index (χ0v) is 17.6. The Bertz CT molecular complexity index is 831. The molecule has 1 amide bonds. The SMILES string of the molecule is CCN(C(=O)COC(=O)C1(c2ccc(Cl)cc2)CCCC1)[C@@H]1CCS(=O)(=O)C1. The van der Waals surface area contributed by atoms with E-state index in [0.717, 1.165) is 18.4 Å². The summed E-state index contributed by atoms with van der Waals surface area (Å²) < 4.78 is 28.9. The van der Waals surface area contributed by atoms with Gasteiger partial charge in [0, 0.05) is 17.6 Å². The van der Waals surface area contributed by atoms with Gasteiger partial charge in [-0.25, -0.2) is 8.42 Å². The number of hydrogen-bond donors (Lipinski definition) is 0. The molecule has 0 unspecified atom stereocenters. The molecule has 1 atom stereocenters. The maximum absolute atomic E-state index is 13.0. The van der Waals surface area contributed by atoms with Crippen LogP contribution in [0.15, 0.2) is 24.3 Å². The van der Waals surface area contributed by atoms with Crippen LogP contribution in [0.4, 0.5) is 0 Å². The number of likely N-dealkylation sites (N-methyl/N-ethyl adjacent to an activating group) is 1. The number of halogens is 1. The van der Waals surface area contributed by atoms with Crippen LogP contribution < -0.4 is 0 Å². The van der Waals surface area contributed by atoms with E-state index in [9.17, 15) is 18.0 Å². The van der Waals surface area contributed by atoms with E-state index in [-0.39, 0.29) is 30.1 Å². The maximum atomic E-state index is 13.0. The topological polar surface area (TPSA) is 80.8 Å². The van der Waals surface area contributed by atoms with E-state index < -0.39 is 21.2 Å². The second-order valence-electron chi connectivity index (χ2n) is 7.61. The van der Waals surface area contributed by atoms with Crippen LogP contribution in [0.1, 0.15) is 44.6 Å². The molecule has 28 heavy (non-hydrogen) atoms. The Morgan fingerprint density at radius 1 is 1.21 bits per heavy atom. The Morgan fingerprint density at radius 3 is 2.39 bits per heavy atom. The molecule has 1 saturated carbocycles. The van der Waals surface area contributed by atoms with Crippen LogP contribution in [-0.2, 0) is 29.6 Å². The number of sulfone groups is 1. The van der Waals surface area contributed by atoms with Crippen molar-refractivity contribution in [2.75, 3.05) is 24.7 Å². The van der Waals surface area contributed by atoms with Crippen molar-refractivity contribution in [2.24, 2.45) is 0 Å². The number of carbonyl (C=O) groups excluding carboxylic acids is 2. The first-order valence-corrected chi connectivity index (χ1v) is 11.9. The highest BCUT2D eigenvalue weighted by Crippen LogP contribution is 2.42. The molecule has 1 saturated heterocycles. The highest BCUT2D eigenvalue weighted by Gasteiger charge is 2.44. The van der Waals surface area contributed by atoms with E-state index in [1.807, 2.05) is 12.1 Å². The predicted octanol–water partition coefficient (Wildman–Crippen LogP) is 2.73. The number of rotatable bonds is 6. The molecule has 1 heterocycles. The molecule has 0 radical (unpaired) electrons. The molecule has 1 aromatic rings. The van der Waals surface area contributed by atoms with Crippen LogP contribution in [0.3, 0.4) is 0 Å². The van der Waals surface area contributed by atoms with Crippen molar-refractivity contribution in [3.63, 3.8) is 0 Å². The Morgan fingerprint density at radius 2 is 1.86 bits per heavy atom. The monoisotopic (exact) mass is 427 g/mol. The number of hydrogen-bond acceptors (Lipinski definition) is 5. The molecule has 0 N–H and O–H groups in total. The second-order valence-corrected chi connectivity index (χ2v) is 10.3. The zero-order valence-electron chi connectivity index (χ0n) is 16.0. The highest BCUT2D eigenvalue weighted by atomic mass is 35.5. The van der Waals surface area contributed by atoms with E-state index in [0.29, 0.717) is 30.8 Å². The van der Waals surface area contributed by atoms with Gasteiger partial charge >= 0.3 is 5.97 Å². The summed E-state index contributed by atoms with van der Waals surface area (Å²) in [7, 11) is -3.09. The summed E-state index contributed by atoms with van der Waals surface area (Å²) in [6, 6.07) is 6.87. The molecule has 2 aliphatic rings. The minimum absolute atomic E-state index is 0.0186. The lowest BCUT2D eigenvalue weighted by molar-refractivity contribution is -0.157. The van der Waals surface area contributed by atoms with Gasteiger partial charge in [0.2, 0.25) is 0 Å². The molecule has 1 aliphatic carbocycles. The fourth-order valence-electron chi connectivity index (χ4n) is 4.37. The Labute approximate surface area is 171 Å². The number of ether oxygens (including phenoxy) is 1.